The average Bonchev–Trinajstić information content (AvgIpc) is 2.78. The number of hydrogen-bond acceptors (Lipinski definition) is 5. The molecule has 0 aromatic carbocycles. The second kappa shape index (κ2) is 4.91. The predicted molar refractivity (Wildman–Crippen MR) is 56.3 cm³/mol. The Morgan fingerprint density at radius 2 is 2.24 bits per heavy atom. The van der Waals surface area contributed by atoms with Gasteiger partial charge >= 0.3 is 5.95 Å². The van der Waals surface area contributed by atoms with E-state index in [4.69, 9.17) is 4.74 Å². The number of hydrogen-bond donors (Lipinski definition) is 0. The molecule has 0 unspecified atom stereocenters. The van der Waals surface area contributed by atoms with Gasteiger partial charge in [-0.05, 0) is 4.92 Å². The third-order valence-electron chi connectivity index (χ3n) is 2.53. The van der Waals surface area contributed by atoms with Gasteiger partial charge in [0.2, 0.25) is 0 Å². The van der Waals surface area contributed by atoms with Crippen molar-refractivity contribution in [1.29, 1.82) is 0 Å². The van der Waals surface area contributed by atoms with Crippen LogP contribution < -0.4 is 0 Å². The first kappa shape index (κ1) is 11.5. The molecule has 1 aliphatic heterocycles. The maximum absolute atomic E-state index is 11.8. The third kappa shape index (κ3) is 2.59. The van der Waals surface area contributed by atoms with E-state index in [0.29, 0.717) is 26.3 Å². The summed E-state index contributed by atoms with van der Waals surface area (Å²) in [5.41, 5.74) is 0. The Labute approximate surface area is 96.9 Å². The van der Waals surface area contributed by atoms with E-state index in [9.17, 15) is 14.9 Å². The van der Waals surface area contributed by atoms with Gasteiger partial charge in [-0.25, -0.2) is 4.57 Å². The van der Waals surface area contributed by atoms with Crippen LogP contribution in [0.2, 0.25) is 0 Å². The van der Waals surface area contributed by atoms with Crippen molar-refractivity contribution in [1.82, 2.24) is 14.5 Å². The van der Waals surface area contributed by atoms with Gasteiger partial charge in [0, 0.05) is 13.1 Å². The number of aromatic nitrogens is 2. The number of ether oxygens (including phenoxy) is 1. The van der Waals surface area contributed by atoms with E-state index in [2.05, 4.69) is 4.98 Å². The number of rotatable bonds is 3. The van der Waals surface area contributed by atoms with Crippen molar-refractivity contribution in [2.75, 3.05) is 26.3 Å². The molecular weight excluding hydrogens is 228 g/mol. The first-order chi connectivity index (χ1) is 8.18. The lowest BCUT2D eigenvalue weighted by atomic mass is 10.4. The molecule has 1 saturated heterocycles. The highest BCUT2D eigenvalue weighted by atomic mass is 16.6. The van der Waals surface area contributed by atoms with Crippen LogP contribution >= 0.6 is 0 Å². The predicted octanol–water partition coefficient (Wildman–Crippen LogP) is -0.350. The van der Waals surface area contributed by atoms with Crippen LogP contribution in [0.1, 0.15) is 0 Å². The zero-order valence-electron chi connectivity index (χ0n) is 9.11. The largest absolute Gasteiger partial charge is 0.435 e. The Bertz CT molecular complexity index is 424. The topological polar surface area (TPSA) is 90.5 Å². The van der Waals surface area contributed by atoms with Crippen molar-refractivity contribution >= 4 is 11.9 Å². The summed E-state index contributed by atoms with van der Waals surface area (Å²) in [7, 11) is 0. The molecule has 1 aromatic rings. The van der Waals surface area contributed by atoms with E-state index in [-0.39, 0.29) is 18.4 Å². The van der Waals surface area contributed by atoms with Gasteiger partial charge in [-0.3, -0.25) is 4.79 Å². The summed E-state index contributed by atoms with van der Waals surface area (Å²) < 4.78 is 6.36. The lowest BCUT2D eigenvalue weighted by molar-refractivity contribution is -0.396. The van der Waals surface area contributed by atoms with E-state index < -0.39 is 4.92 Å². The number of carbonyl (C=O) groups excluding carboxylic acids is 1. The summed E-state index contributed by atoms with van der Waals surface area (Å²) in [5.74, 6) is -0.471. The molecule has 0 radical (unpaired) electrons. The average molecular weight is 240 g/mol. The van der Waals surface area contributed by atoms with E-state index in [1.165, 1.54) is 17.0 Å². The Kier molecular flexibility index (Phi) is 3.33. The van der Waals surface area contributed by atoms with Crippen molar-refractivity contribution in [3.8, 4) is 0 Å². The number of nitrogens with zero attached hydrogens (tertiary/aromatic N) is 4. The van der Waals surface area contributed by atoms with Crippen LogP contribution in [0.4, 0.5) is 5.95 Å². The fourth-order valence-corrected chi connectivity index (χ4v) is 1.66. The second-order valence-electron chi connectivity index (χ2n) is 3.61. The monoisotopic (exact) mass is 240 g/mol. The molecule has 92 valence electrons. The zero-order valence-corrected chi connectivity index (χ0v) is 9.11. The molecule has 1 aliphatic rings. The SMILES string of the molecule is O=C(Cn1ccnc1[N+](=O)[O-])N1CCOCC1. The summed E-state index contributed by atoms with van der Waals surface area (Å²) in [6.07, 6.45) is 2.74. The molecule has 1 amide bonds. The number of amides is 1. The summed E-state index contributed by atoms with van der Waals surface area (Å²) in [6.45, 7) is 2.02. The van der Waals surface area contributed by atoms with Gasteiger partial charge in [0.15, 0.2) is 6.54 Å². The maximum atomic E-state index is 11.8. The molecule has 8 nitrogen and oxygen atoms in total. The number of morpholine rings is 1. The minimum Gasteiger partial charge on any atom is -0.390 e. The summed E-state index contributed by atoms with van der Waals surface area (Å²) in [5, 5.41) is 10.6. The van der Waals surface area contributed by atoms with E-state index >= 15 is 0 Å². The molecule has 0 atom stereocenters. The molecule has 0 saturated carbocycles. The first-order valence-corrected chi connectivity index (χ1v) is 5.19. The van der Waals surface area contributed by atoms with Gasteiger partial charge in [0.25, 0.3) is 5.91 Å². The molecule has 1 aromatic heterocycles. The highest BCUT2D eigenvalue weighted by Gasteiger charge is 2.22. The Morgan fingerprint density at radius 3 is 2.88 bits per heavy atom. The van der Waals surface area contributed by atoms with Gasteiger partial charge < -0.3 is 19.8 Å². The normalized spacial score (nSPS) is 15.9. The van der Waals surface area contributed by atoms with Crippen LogP contribution in [-0.4, -0.2) is 51.6 Å². The Morgan fingerprint density at radius 1 is 1.53 bits per heavy atom. The van der Waals surface area contributed by atoms with Gasteiger partial charge in [0.1, 0.15) is 12.4 Å². The molecule has 0 spiro atoms. The van der Waals surface area contributed by atoms with Gasteiger partial charge in [-0.2, -0.15) is 0 Å². The van der Waals surface area contributed by atoms with E-state index in [1.54, 1.807) is 4.90 Å². The number of nitro groups is 1. The van der Waals surface area contributed by atoms with Gasteiger partial charge in [-0.1, -0.05) is 4.98 Å². The molecule has 0 bridgehead atoms. The van der Waals surface area contributed by atoms with Crippen molar-refractivity contribution in [2.24, 2.45) is 0 Å². The quantitative estimate of drug-likeness (QED) is 0.532. The van der Waals surface area contributed by atoms with Crippen LogP contribution in [0.3, 0.4) is 0 Å². The molecule has 2 heterocycles. The molecule has 8 heteroatoms. The standard InChI is InChI=1S/C9H12N4O4/c14-8(11-3-5-17-6-4-11)7-12-2-1-10-9(12)13(15)16/h1-2H,3-7H2. The highest BCUT2D eigenvalue weighted by Crippen LogP contribution is 2.08. The lowest BCUT2D eigenvalue weighted by Gasteiger charge is -2.26. The summed E-state index contributed by atoms with van der Waals surface area (Å²) in [6, 6.07) is 0. The van der Waals surface area contributed by atoms with Crippen molar-refractivity contribution < 1.29 is 14.5 Å². The molecule has 17 heavy (non-hydrogen) atoms. The van der Waals surface area contributed by atoms with Crippen LogP contribution in [0.25, 0.3) is 0 Å². The second-order valence-corrected chi connectivity index (χ2v) is 3.61. The highest BCUT2D eigenvalue weighted by molar-refractivity contribution is 5.76. The lowest BCUT2D eigenvalue weighted by Crippen LogP contribution is -2.42. The van der Waals surface area contributed by atoms with Gasteiger partial charge in [-0.15, -0.1) is 0 Å². The minimum absolute atomic E-state index is 0.0592. The third-order valence-corrected chi connectivity index (χ3v) is 2.53. The summed E-state index contributed by atoms with van der Waals surface area (Å²) in [4.78, 5) is 27.1. The Hall–Kier alpha value is -1.96. The smallest absolute Gasteiger partial charge is 0.390 e. The van der Waals surface area contributed by atoms with Crippen molar-refractivity contribution in [2.45, 2.75) is 6.54 Å². The zero-order chi connectivity index (χ0) is 12.3. The first-order valence-electron chi connectivity index (χ1n) is 5.19. The maximum Gasteiger partial charge on any atom is 0.435 e. The van der Waals surface area contributed by atoms with Crippen LogP contribution in [0.5, 0.6) is 0 Å². The summed E-state index contributed by atoms with van der Waals surface area (Å²) >= 11 is 0. The molecule has 0 N–H and O–H groups in total. The minimum atomic E-state index is -0.605. The van der Waals surface area contributed by atoms with Gasteiger partial charge in [0.05, 0.1) is 13.2 Å². The molecular formula is C9H12N4O4. The number of imidazole rings is 1. The van der Waals surface area contributed by atoms with Crippen LogP contribution in [0.15, 0.2) is 12.4 Å². The van der Waals surface area contributed by atoms with Crippen LogP contribution in [0, 0.1) is 10.1 Å². The van der Waals surface area contributed by atoms with Crippen molar-refractivity contribution in [3.63, 3.8) is 0 Å². The van der Waals surface area contributed by atoms with Crippen LogP contribution in [-0.2, 0) is 16.1 Å². The fraction of sp³-hybridized carbons (Fsp3) is 0.556. The van der Waals surface area contributed by atoms with E-state index in [1.807, 2.05) is 0 Å². The fourth-order valence-electron chi connectivity index (χ4n) is 1.66. The van der Waals surface area contributed by atoms with E-state index in [0.717, 1.165) is 0 Å². The Balaban J connectivity index is 2.02. The molecule has 0 aliphatic carbocycles. The molecule has 2 rings (SSSR count). The number of carbonyl (C=O) groups is 1. The van der Waals surface area contributed by atoms with Crippen molar-refractivity contribution in [3.05, 3.63) is 22.5 Å². The molecule has 1 fully saturated rings.